The van der Waals surface area contributed by atoms with E-state index in [9.17, 15) is 0 Å². The van der Waals surface area contributed by atoms with Crippen molar-refractivity contribution in [1.29, 1.82) is 0 Å². The van der Waals surface area contributed by atoms with E-state index in [1.54, 1.807) is 0 Å². The molecule has 0 bridgehead atoms. The Balaban J connectivity index is 1.49. The second kappa shape index (κ2) is 10.5. The maximum Gasteiger partial charge on any atom is 0.122 e. The summed E-state index contributed by atoms with van der Waals surface area (Å²) in [7, 11) is 2.26. The highest BCUT2D eigenvalue weighted by Crippen LogP contribution is 2.40. The number of allylic oxidation sites excluding steroid dienone is 4. The summed E-state index contributed by atoms with van der Waals surface area (Å²) in [5.74, 6) is 0. The van der Waals surface area contributed by atoms with Gasteiger partial charge < -0.3 is 9.13 Å². The molecule has 0 fully saturated rings. The quantitative estimate of drug-likeness (QED) is 0.183. The highest BCUT2D eigenvalue weighted by atomic mass is 15.1. The first-order valence-electron chi connectivity index (χ1n) is 14.2. The maximum absolute atomic E-state index is 2.62. The van der Waals surface area contributed by atoms with E-state index < -0.39 is 0 Å². The molecule has 37 heavy (non-hydrogen) atoms. The predicted octanol–water partition coefficient (Wildman–Crippen LogP) is 10.0. The van der Waals surface area contributed by atoms with Crippen molar-refractivity contribution in [2.45, 2.75) is 64.8 Å². The molecular weight excluding hydrogens is 448 g/mol. The van der Waals surface area contributed by atoms with Crippen LogP contribution in [0.1, 0.15) is 63.9 Å². The van der Waals surface area contributed by atoms with Crippen LogP contribution in [0, 0.1) is 0 Å². The van der Waals surface area contributed by atoms with E-state index in [0.717, 1.165) is 19.4 Å². The van der Waals surface area contributed by atoms with Crippen molar-refractivity contribution in [2.24, 2.45) is 7.05 Å². The molecule has 0 unspecified atom stereocenters. The molecule has 6 rings (SSSR count). The van der Waals surface area contributed by atoms with Crippen molar-refractivity contribution in [3.8, 4) is 11.1 Å². The van der Waals surface area contributed by atoms with Gasteiger partial charge in [-0.1, -0.05) is 112 Å². The monoisotopic (exact) mass is 486 g/mol. The van der Waals surface area contributed by atoms with Gasteiger partial charge in [0, 0.05) is 29.8 Å². The zero-order valence-electron chi connectivity index (χ0n) is 22.3. The lowest BCUT2D eigenvalue weighted by atomic mass is 9.96. The summed E-state index contributed by atoms with van der Waals surface area (Å²) in [6.45, 7) is 3.37. The van der Waals surface area contributed by atoms with E-state index in [1.165, 1.54) is 93.6 Å². The van der Waals surface area contributed by atoms with Crippen LogP contribution < -0.4 is 0 Å². The minimum Gasteiger partial charge on any atom is -0.330 e. The molecular formula is C35H38N2. The van der Waals surface area contributed by atoms with Gasteiger partial charge in [0.25, 0.3) is 0 Å². The fourth-order valence-corrected chi connectivity index (χ4v) is 6.21. The fourth-order valence-electron chi connectivity index (χ4n) is 6.21. The molecule has 2 heterocycles. The Bertz CT molecular complexity index is 1610. The van der Waals surface area contributed by atoms with E-state index in [4.69, 9.17) is 0 Å². The van der Waals surface area contributed by atoms with Crippen molar-refractivity contribution in [1.82, 2.24) is 9.13 Å². The lowest BCUT2D eigenvalue weighted by Crippen LogP contribution is -2.02. The number of hydrogen-bond donors (Lipinski definition) is 0. The molecule has 188 valence electrons. The number of aryl methyl sites for hydroxylation is 2. The number of fused-ring (bicyclic) bond motifs is 5. The average molecular weight is 487 g/mol. The van der Waals surface area contributed by atoms with Crippen LogP contribution >= 0.6 is 0 Å². The first-order chi connectivity index (χ1) is 18.3. The van der Waals surface area contributed by atoms with Crippen LogP contribution in [-0.4, -0.2) is 9.13 Å². The second-order valence-electron chi connectivity index (χ2n) is 10.7. The number of benzene rings is 3. The van der Waals surface area contributed by atoms with Gasteiger partial charge in [-0.3, -0.25) is 0 Å². The van der Waals surface area contributed by atoms with Crippen LogP contribution in [0.25, 0.3) is 49.5 Å². The number of aromatic nitrogens is 2. The van der Waals surface area contributed by atoms with Crippen LogP contribution in [0.5, 0.6) is 0 Å². The van der Waals surface area contributed by atoms with Crippen LogP contribution in [0.4, 0.5) is 0 Å². The van der Waals surface area contributed by atoms with Gasteiger partial charge in [0.05, 0.1) is 11.0 Å². The van der Waals surface area contributed by atoms with Crippen molar-refractivity contribution >= 4 is 38.4 Å². The largest absolute Gasteiger partial charge is 0.330 e. The smallest absolute Gasteiger partial charge is 0.122 e. The summed E-state index contributed by atoms with van der Waals surface area (Å²) in [5, 5.41) is 4.15. The van der Waals surface area contributed by atoms with Crippen LogP contribution in [-0.2, 0) is 13.6 Å². The summed E-state index contributed by atoms with van der Waals surface area (Å²) in [6, 6.07) is 24.9. The van der Waals surface area contributed by atoms with E-state index in [2.05, 4.69) is 108 Å². The minimum atomic E-state index is 1.07. The zero-order chi connectivity index (χ0) is 25.2. The molecule has 1 aliphatic carbocycles. The molecule has 0 atom stereocenters. The molecule has 2 nitrogen and oxygen atoms in total. The van der Waals surface area contributed by atoms with E-state index in [0.29, 0.717) is 0 Å². The standard InChI is InChI=1S/C35H38N2/c1-3-4-5-6-7-14-23-37-33-25-29(27-17-12-9-13-18-27)20-22-31(33)34-30-21-19-28(26-15-10-8-11-16-26)24-32(30)36(2)35(34)37/h8-12,15-17,19-22,24-25H,3-7,13-14,18,23H2,1-2H3. The number of rotatable bonds is 9. The topological polar surface area (TPSA) is 9.86 Å². The molecule has 0 saturated heterocycles. The third-order valence-electron chi connectivity index (χ3n) is 8.21. The summed E-state index contributed by atoms with van der Waals surface area (Å²) in [6.07, 6.45) is 17.0. The Morgan fingerprint density at radius 1 is 0.730 bits per heavy atom. The molecule has 0 saturated carbocycles. The summed E-state index contributed by atoms with van der Waals surface area (Å²) in [5.41, 5.74) is 9.44. The third kappa shape index (κ3) is 4.44. The number of unbranched alkanes of at least 4 members (excludes halogenated alkanes) is 5. The van der Waals surface area contributed by atoms with Crippen molar-refractivity contribution < 1.29 is 0 Å². The molecule has 5 aromatic rings. The van der Waals surface area contributed by atoms with Gasteiger partial charge in [-0.15, -0.1) is 0 Å². The van der Waals surface area contributed by atoms with Gasteiger partial charge in [0.2, 0.25) is 0 Å². The molecule has 0 N–H and O–H groups in total. The SMILES string of the molecule is CCCCCCCCn1c2cc(C3=CC=CCC3)ccc2c2c3ccc(-c4ccccc4)cc3n(C)c21. The van der Waals surface area contributed by atoms with E-state index >= 15 is 0 Å². The minimum absolute atomic E-state index is 1.07. The van der Waals surface area contributed by atoms with Crippen molar-refractivity contribution in [3.63, 3.8) is 0 Å². The number of hydrogen-bond acceptors (Lipinski definition) is 0. The van der Waals surface area contributed by atoms with Crippen LogP contribution in [0.15, 0.2) is 85.0 Å². The first-order valence-corrected chi connectivity index (χ1v) is 14.2. The number of nitrogens with zero attached hydrogens (tertiary/aromatic N) is 2. The van der Waals surface area contributed by atoms with E-state index in [-0.39, 0.29) is 0 Å². The van der Waals surface area contributed by atoms with Gasteiger partial charge >= 0.3 is 0 Å². The van der Waals surface area contributed by atoms with Gasteiger partial charge in [0.15, 0.2) is 0 Å². The van der Waals surface area contributed by atoms with Crippen molar-refractivity contribution in [3.05, 3.63) is 90.5 Å². The highest BCUT2D eigenvalue weighted by molar-refractivity contribution is 6.21. The Kier molecular flexibility index (Phi) is 6.74. The van der Waals surface area contributed by atoms with Crippen LogP contribution in [0.2, 0.25) is 0 Å². The first kappa shape index (κ1) is 23.9. The summed E-state index contributed by atoms with van der Waals surface area (Å²) < 4.78 is 5.06. The van der Waals surface area contributed by atoms with Gasteiger partial charge in [-0.05, 0) is 53.7 Å². The molecule has 3 aromatic carbocycles. The Labute approximate surface area is 220 Å². The summed E-state index contributed by atoms with van der Waals surface area (Å²) in [4.78, 5) is 0. The second-order valence-corrected chi connectivity index (χ2v) is 10.7. The Morgan fingerprint density at radius 3 is 2.24 bits per heavy atom. The molecule has 0 amide bonds. The lowest BCUT2D eigenvalue weighted by molar-refractivity contribution is 0.568. The van der Waals surface area contributed by atoms with Gasteiger partial charge in [-0.2, -0.15) is 0 Å². The van der Waals surface area contributed by atoms with Crippen molar-refractivity contribution in [2.75, 3.05) is 0 Å². The Morgan fingerprint density at radius 2 is 1.46 bits per heavy atom. The normalized spacial score (nSPS) is 13.7. The highest BCUT2D eigenvalue weighted by Gasteiger charge is 2.20. The van der Waals surface area contributed by atoms with Crippen LogP contribution in [0.3, 0.4) is 0 Å². The molecule has 0 aliphatic heterocycles. The molecule has 0 radical (unpaired) electrons. The lowest BCUT2D eigenvalue weighted by Gasteiger charge is -2.13. The van der Waals surface area contributed by atoms with Gasteiger partial charge in [-0.25, -0.2) is 0 Å². The van der Waals surface area contributed by atoms with E-state index in [1.807, 2.05) is 0 Å². The average Bonchev–Trinajstić information content (AvgIpc) is 3.43. The molecule has 2 heteroatoms. The zero-order valence-corrected chi connectivity index (χ0v) is 22.3. The maximum atomic E-state index is 2.62. The van der Waals surface area contributed by atoms with Gasteiger partial charge in [0.1, 0.15) is 5.65 Å². The molecule has 0 spiro atoms. The predicted molar refractivity (Wildman–Crippen MR) is 161 cm³/mol. The summed E-state index contributed by atoms with van der Waals surface area (Å²) >= 11 is 0. The molecule has 2 aromatic heterocycles. The third-order valence-corrected chi connectivity index (χ3v) is 8.21. The fraction of sp³-hybridized carbons (Fsp3) is 0.314. The Hall–Kier alpha value is -3.52. The molecule has 1 aliphatic rings.